The Hall–Kier alpha value is -0.420. The molecule has 0 saturated carbocycles. The van der Waals surface area contributed by atoms with Crippen molar-refractivity contribution in [2.45, 2.75) is 4.21 Å². The zero-order chi connectivity index (χ0) is 7.78. The highest BCUT2D eigenvalue weighted by Gasteiger charge is 2.09. The quantitative estimate of drug-likeness (QED) is 0.652. The summed E-state index contributed by atoms with van der Waals surface area (Å²) in [4.78, 5) is 0. The summed E-state index contributed by atoms with van der Waals surface area (Å²) in [5, 5.41) is 1.16. The molecule has 5 heteroatoms. The van der Waals surface area contributed by atoms with Crippen LogP contribution in [0.15, 0.2) is 15.7 Å². The van der Waals surface area contributed by atoms with Gasteiger partial charge in [0.25, 0.3) is 0 Å². The second kappa shape index (κ2) is 2.32. The third-order valence-corrected chi connectivity index (χ3v) is 3.65. The predicted octanol–water partition coefficient (Wildman–Crippen LogP) is 1.29. The fourth-order valence-corrected chi connectivity index (χ4v) is 2.14. The minimum absolute atomic E-state index is 0.0741. The van der Waals surface area contributed by atoms with E-state index in [1.807, 2.05) is 0 Å². The Labute approximate surface area is 62.2 Å². The first-order chi connectivity index (χ1) is 4.50. The van der Waals surface area contributed by atoms with Crippen LogP contribution in [0.4, 0.5) is 4.39 Å². The van der Waals surface area contributed by atoms with Crippen LogP contribution in [0.3, 0.4) is 0 Å². The number of hydrogen-bond acceptors (Lipinski definition) is 3. The standard InChI is InChI=1S/C5H5FO2S2/c1-10(7,8)5-2-4(6)3-9-5/h2-3H,1H3. The van der Waals surface area contributed by atoms with Crippen LogP contribution in [-0.4, -0.2) is 14.7 Å². The molecule has 0 unspecified atom stereocenters. The Balaban J connectivity index is 3.21. The Morgan fingerprint density at radius 3 is 2.40 bits per heavy atom. The van der Waals surface area contributed by atoms with Crippen LogP contribution in [-0.2, 0) is 9.84 Å². The summed E-state index contributed by atoms with van der Waals surface area (Å²) in [6, 6.07) is 1.01. The molecule has 0 atom stereocenters. The predicted molar refractivity (Wildman–Crippen MR) is 37.4 cm³/mol. The minimum Gasteiger partial charge on any atom is -0.223 e. The van der Waals surface area contributed by atoms with E-state index in [0.29, 0.717) is 0 Å². The molecule has 0 aliphatic rings. The zero-order valence-electron chi connectivity index (χ0n) is 5.17. The van der Waals surface area contributed by atoms with Gasteiger partial charge in [-0.15, -0.1) is 11.3 Å². The van der Waals surface area contributed by atoms with Crippen molar-refractivity contribution in [3.8, 4) is 0 Å². The van der Waals surface area contributed by atoms with Gasteiger partial charge in [0.15, 0.2) is 9.84 Å². The van der Waals surface area contributed by atoms with Gasteiger partial charge >= 0.3 is 0 Å². The molecular weight excluding hydrogens is 175 g/mol. The SMILES string of the molecule is CS(=O)(=O)c1cc(F)cs1. The van der Waals surface area contributed by atoms with E-state index in [-0.39, 0.29) is 4.21 Å². The van der Waals surface area contributed by atoms with Crippen molar-refractivity contribution in [3.05, 3.63) is 17.3 Å². The molecule has 0 amide bonds. The van der Waals surface area contributed by atoms with Gasteiger partial charge in [-0.1, -0.05) is 0 Å². The number of halogens is 1. The molecule has 0 bridgehead atoms. The van der Waals surface area contributed by atoms with Crippen molar-refractivity contribution >= 4 is 21.2 Å². The third-order valence-electron chi connectivity index (χ3n) is 0.909. The molecule has 0 fully saturated rings. The van der Waals surface area contributed by atoms with Gasteiger partial charge in [0.05, 0.1) is 0 Å². The third kappa shape index (κ3) is 1.54. The Morgan fingerprint density at radius 2 is 2.20 bits per heavy atom. The topological polar surface area (TPSA) is 34.1 Å². The van der Waals surface area contributed by atoms with Crippen molar-refractivity contribution in [1.82, 2.24) is 0 Å². The average molecular weight is 180 g/mol. The maximum Gasteiger partial charge on any atom is 0.184 e. The lowest BCUT2D eigenvalue weighted by Crippen LogP contribution is -1.91. The van der Waals surface area contributed by atoms with E-state index in [4.69, 9.17) is 0 Å². The summed E-state index contributed by atoms with van der Waals surface area (Å²) in [7, 11) is -3.20. The van der Waals surface area contributed by atoms with Crippen LogP contribution in [0.25, 0.3) is 0 Å². The number of sulfone groups is 1. The normalized spacial score (nSPS) is 11.8. The van der Waals surface area contributed by atoms with Crippen molar-refractivity contribution < 1.29 is 12.8 Å². The van der Waals surface area contributed by atoms with Gasteiger partial charge < -0.3 is 0 Å². The van der Waals surface area contributed by atoms with E-state index in [1.165, 1.54) is 0 Å². The molecule has 1 aromatic rings. The fraction of sp³-hybridized carbons (Fsp3) is 0.200. The van der Waals surface area contributed by atoms with Crippen molar-refractivity contribution in [3.63, 3.8) is 0 Å². The monoisotopic (exact) mass is 180 g/mol. The van der Waals surface area contributed by atoms with E-state index in [0.717, 1.165) is 29.0 Å². The van der Waals surface area contributed by atoms with Gasteiger partial charge in [0.2, 0.25) is 0 Å². The van der Waals surface area contributed by atoms with E-state index >= 15 is 0 Å². The molecule has 0 aliphatic heterocycles. The zero-order valence-corrected chi connectivity index (χ0v) is 6.80. The van der Waals surface area contributed by atoms with Crippen LogP contribution < -0.4 is 0 Å². The lowest BCUT2D eigenvalue weighted by Gasteiger charge is -1.86. The maximum absolute atomic E-state index is 12.2. The number of thiophene rings is 1. The fourth-order valence-electron chi connectivity index (χ4n) is 0.489. The van der Waals surface area contributed by atoms with Crippen LogP contribution in [0.2, 0.25) is 0 Å². The van der Waals surface area contributed by atoms with Crippen molar-refractivity contribution in [1.29, 1.82) is 0 Å². The van der Waals surface area contributed by atoms with Gasteiger partial charge in [0.1, 0.15) is 10.0 Å². The van der Waals surface area contributed by atoms with Crippen LogP contribution >= 0.6 is 11.3 Å². The summed E-state index contributed by atoms with van der Waals surface area (Å²) in [6.07, 6.45) is 1.05. The Bertz CT molecular complexity index is 325. The van der Waals surface area contributed by atoms with Gasteiger partial charge in [-0.2, -0.15) is 0 Å². The lowest BCUT2D eigenvalue weighted by atomic mass is 10.6. The van der Waals surface area contributed by atoms with E-state index in [2.05, 4.69) is 0 Å². The Kier molecular flexibility index (Phi) is 1.78. The Morgan fingerprint density at radius 1 is 1.60 bits per heavy atom. The highest BCUT2D eigenvalue weighted by molar-refractivity contribution is 7.92. The molecule has 1 heterocycles. The largest absolute Gasteiger partial charge is 0.223 e. The molecule has 1 rings (SSSR count). The van der Waals surface area contributed by atoms with Crippen LogP contribution in [0.5, 0.6) is 0 Å². The maximum atomic E-state index is 12.2. The number of rotatable bonds is 1. The van der Waals surface area contributed by atoms with E-state index in [9.17, 15) is 12.8 Å². The van der Waals surface area contributed by atoms with Crippen molar-refractivity contribution in [2.75, 3.05) is 6.26 Å². The molecule has 0 N–H and O–H groups in total. The summed E-state index contributed by atoms with van der Waals surface area (Å²) >= 11 is 0.894. The highest BCUT2D eigenvalue weighted by Crippen LogP contribution is 2.18. The molecule has 2 nitrogen and oxygen atoms in total. The summed E-state index contributed by atoms with van der Waals surface area (Å²) in [5.41, 5.74) is 0. The molecule has 56 valence electrons. The summed E-state index contributed by atoms with van der Waals surface area (Å²) < 4.78 is 33.7. The van der Waals surface area contributed by atoms with E-state index in [1.54, 1.807) is 0 Å². The van der Waals surface area contributed by atoms with Gasteiger partial charge in [-0.25, -0.2) is 12.8 Å². The van der Waals surface area contributed by atoms with Gasteiger partial charge in [0, 0.05) is 17.7 Å². The van der Waals surface area contributed by atoms with Crippen molar-refractivity contribution in [2.24, 2.45) is 0 Å². The summed E-state index contributed by atoms with van der Waals surface area (Å²) in [6.45, 7) is 0. The molecule has 0 aliphatic carbocycles. The van der Waals surface area contributed by atoms with Gasteiger partial charge in [-0.3, -0.25) is 0 Å². The first kappa shape index (κ1) is 7.68. The second-order valence-corrected chi connectivity index (χ2v) is 5.01. The molecule has 0 spiro atoms. The first-order valence-corrected chi connectivity index (χ1v) is 5.21. The molecular formula is C5H5FO2S2. The van der Waals surface area contributed by atoms with Crippen LogP contribution in [0.1, 0.15) is 0 Å². The molecule has 10 heavy (non-hydrogen) atoms. The number of hydrogen-bond donors (Lipinski definition) is 0. The second-order valence-electron chi connectivity index (χ2n) is 1.86. The highest BCUT2D eigenvalue weighted by atomic mass is 32.2. The summed E-state index contributed by atoms with van der Waals surface area (Å²) in [5.74, 6) is -0.495. The lowest BCUT2D eigenvalue weighted by molar-refractivity contribution is 0.601. The molecule has 0 aromatic carbocycles. The minimum atomic E-state index is -3.20. The van der Waals surface area contributed by atoms with Crippen LogP contribution in [0, 0.1) is 5.82 Å². The average Bonchev–Trinajstić information content (AvgIpc) is 2.11. The smallest absolute Gasteiger partial charge is 0.184 e. The first-order valence-electron chi connectivity index (χ1n) is 2.44. The van der Waals surface area contributed by atoms with E-state index < -0.39 is 15.7 Å². The molecule has 1 aromatic heterocycles. The van der Waals surface area contributed by atoms with Gasteiger partial charge in [-0.05, 0) is 0 Å². The molecule has 0 radical (unpaired) electrons. The molecule has 0 saturated heterocycles.